The number of pyridine rings is 1. The first-order valence-electron chi connectivity index (χ1n) is 6.46. The Hall–Kier alpha value is -2.37. The lowest BCUT2D eigenvalue weighted by Gasteiger charge is -2.04. The maximum absolute atomic E-state index is 12.2. The molecule has 2 heterocycles. The van der Waals surface area contributed by atoms with Crippen molar-refractivity contribution in [1.29, 1.82) is 0 Å². The number of carboxylic acid groups (broad SMARTS) is 1. The summed E-state index contributed by atoms with van der Waals surface area (Å²) in [4.78, 5) is 26.1. The van der Waals surface area contributed by atoms with Crippen molar-refractivity contribution in [2.75, 3.05) is 0 Å². The second-order valence-electron chi connectivity index (χ2n) is 4.94. The van der Waals surface area contributed by atoms with Crippen LogP contribution >= 0.6 is 22.9 Å². The number of aromatic nitrogens is 1. The van der Waals surface area contributed by atoms with Gasteiger partial charge in [0.05, 0.1) is 10.5 Å². The Kier molecular flexibility index (Phi) is 2.76. The maximum atomic E-state index is 12.2. The number of fused-ring (bicyclic) bond motifs is 4. The maximum Gasteiger partial charge on any atom is 0.352 e. The molecule has 4 aromatic rings. The van der Waals surface area contributed by atoms with Gasteiger partial charge in [0.25, 0.3) is 0 Å². The van der Waals surface area contributed by atoms with Gasteiger partial charge in [-0.1, -0.05) is 29.8 Å². The lowest BCUT2D eigenvalue weighted by molar-refractivity contribution is 0.0691. The fourth-order valence-electron chi connectivity index (χ4n) is 2.65. The first-order chi connectivity index (χ1) is 10.6. The lowest BCUT2D eigenvalue weighted by atomic mass is 10.1. The van der Waals surface area contributed by atoms with Crippen molar-refractivity contribution in [3.8, 4) is 0 Å². The summed E-state index contributed by atoms with van der Waals surface area (Å²) in [5, 5.41) is 11.7. The van der Waals surface area contributed by atoms with Crippen LogP contribution in [0.5, 0.6) is 0 Å². The molecule has 22 heavy (non-hydrogen) atoms. The molecule has 0 atom stereocenters. The summed E-state index contributed by atoms with van der Waals surface area (Å²) in [6.07, 6.45) is 0. The molecule has 6 heteroatoms. The van der Waals surface area contributed by atoms with Gasteiger partial charge >= 0.3 is 5.97 Å². The van der Waals surface area contributed by atoms with Gasteiger partial charge in [-0.05, 0) is 12.1 Å². The van der Waals surface area contributed by atoms with Crippen LogP contribution in [0.25, 0.3) is 31.1 Å². The molecule has 108 valence electrons. The van der Waals surface area contributed by atoms with E-state index in [1.807, 2.05) is 24.3 Å². The highest BCUT2D eigenvalue weighted by molar-refractivity contribution is 7.26. The molecule has 0 bridgehead atoms. The Morgan fingerprint density at radius 2 is 1.91 bits per heavy atom. The van der Waals surface area contributed by atoms with Gasteiger partial charge in [0.15, 0.2) is 5.43 Å². The molecule has 0 aliphatic rings. The highest BCUT2D eigenvalue weighted by atomic mass is 35.5. The first-order valence-corrected chi connectivity index (χ1v) is 7.66. The number of hydrogen-bond donors (Lipinski definition) is 2. The number of H-pyrrole nitrogens is 1. The lowest BCUT2D eigenvalue weighted by Crippen LogP contribution is -2.09. The minimum absolute atomic E-state index is 0.168. The van der Waals surface area contributed by atoms with Gasteiger partial charge in [0, 0.05) is 31.6 Å². The first kappa shape index (κ1) is 13.3. The Morgan fingerprint density at radius 1 is 1.14 bits per heavy atom. The van der Waals surface area contributed by atoms with E-state index in [1.54, 1.807) is 17.4 Å². The molecular formula is C16H8ClNO3S. The summed E-state index contributed by atoms with van der Waals surface area (Å²) in [7, 11) is 0. The average molecular weight is 330 g/mol. The van der Waals surface area contributed by atoms with Crippen LogP contribution in [0.3, 0.4) is 0 Å². The highest BCUT2D eigenvalue weighted by Gasteiger charge is 2.16. The molecule has 0 radical (unpaired) electrons. The predicted octanol–water partition coefficient (Wildman–Crippen LogP) is 4.25. The zero-order valence-electron chi connectivity index (χ0n) is 11.0. The number of aromatic amines is 1. The fourth-order valence-corrected chi connectivity index (χ4v) is 4.21. The van der Waals surface area contributed by atoms with E-state index < -0.39 is 5.97 Å². The summed E-state index contributed by atoms with van der Waals surface area (Å²) in [5.41, 5.74) is -0.159. The third-order valence-electron chi connectivity index (χ3n) is 3.64. The number of rotatable bonds is 1. The minimum atomic E-state index is -1.19. The fraction of sp³-hybridized carbons (Fsp3) is 0. The molecule has 0 saturated heterocycles. The third-order valence-corrected chi connectivity index (χ3v) is 5.13. The molecule has 0 fully saturated rings. The smallest absolute Gasteiger partial charge is 0.352 e. The molecule has 4 rings (SSSR count). The van der Waals surface area contributed by atoms with Crippen LogP contribution in [-0.4, -0.2) is 16.1 Å². The molecule has 2 aromatic carbocycles. The Balaban J connectivity index is 2.27. The number of thiophene rings is 1. The van der Waals surface area contributed by atoms with E-state index in [4.69, 9.17) is 16.7 Å². The molecule has 0 unspecified atom stereocenters. The van der Waals surface area contributed by atoms with E-state index in [9.17, 15) is 9.59 Å². The molecular weight excluding hydrogens is 322 g/mol. The van der Waals surface area contributed by atoms with Crippen molar-refractivity contribution in [3.05, 3.63) is 57.3 Å². The number of carbonyl (C=O) groups is 1. The van der Waals surface area contributed by atoms with Gasteiger partial charge < -0.3 is 10.1 Å². The van der Waals surface area contributed by atoms with Crippen LogP contribution in [0.2, 0.25) is 5.02 Å². The summed E-state index contributed by atoms with van der Waals surface area (Å²) in [6.45, 7) is 0. The van der Waals surface area contributed by atoms with E-state index in [0.717, 1.165) is 26.2 Å². The minimum Gasteiger partial charge on any atom is -0.477 e. The van der Waals surface area contributed by atoms with Crippen molar-refractivity contribution in [2.24, 2.45) is 0 Å². The number of benzene rings is 2. The van der Waals surface area contributed by atoms with Crippen LogP contribution in [0.4, 0.5) is 0 Å². The summed E-state index contributed by atoms with van der Waals surface area (Å²) in [5.74, 6) is -1.19. The molecule has 2 N–H and O–H groups in total. The summed E-state index contributed by atoms with van der Waals surface area (Å²) in [6, 6.07) is 10.7. The van der Waals surface area contributed by atoms with Gasteiger partial charge in [-0.2, -0.15) is 0 Å². The van der Waals surface area contributed by atoms with Crippen molar-refractivity contribution in [2.45, 2.75) is 0 Å². The van der Waals surface area contributed by atoms with E-state index >= 15 is 0 Å². The summed E-state index contributed by atoms with van der Waals surface area (Å²) < 4.78 is 1.98. The standard InChI is InChI=1S/C16H8ClNO3S/c17-14-13-7-3-1-2-4-11(7)22-12(13)5-8-10(19)6-9(16(20)21)18-15(8)14/h1-6H,(H,18,19)(H,20,21). The van der Waals surface area contributed by atoms with E-state index in [-0.39, 0.29) is 11.1 Å². The van der Waals surface area contributed by atoms with E-state index in [1.165, 1.54) is 0 Å². The van der Waals surface area contributed by atoms with E-state index in [2.05, 4.69) is 4.98 Å². The Labute approximate surface area is 132 Å². The quantitative estimate of drug-likeness (QED) is 0.548. The third kappa shape index (κ3) is 1.76. The Morgan fingerprint density at radius 3 is 2.68 bits per heavy atom. The normalized spacial score (nSPS) is 11.5. The van der Waals surface area contributed by atoms with Gasteiger partial charge in [-0.15, -0.1) is 11.3 Å². The molecule has 0 amide bonds. The number of halogens is 1. The topological polar surface area (TPSA) is 70.2 Å². The zero-order chi connectivity index (χ0) is 15.4. The molecule has 0 spiro atoms. The largest absolute Gasteiger partial charge is 0.477 e. The van der Waals surface area contributed by atoms with Gasteiger partial charge in [-0.25, -0.2) is 4.79 Å². The molecule has 0 aliphatic heterocycles. The monoisotopic (exact) mass is 329 g/mol. The van der Waals surface area contributed by atoms with Gasteiger partial charge in [-0.3, -0.25) is 4.79 Å². The Bertz CT molecular complexity index is 1140. The van der Waals surface area contributed by atoms with Crippen molar-refractivity contribution >= 4 is 60.0 Å². The van der Waals surface area contributed by atoms with Crippen LogP contribution in [-0.2, 0) is 0 Å². The van der Waals surface area contributed by atoms with Crippen LogP contribution < -0.4 is 5.43 Å². The van der Waals surface area contributed by atoms with Crippen LogP contribution in [0.15, 0.2) is 41.2 Å². The predicted molar refractivity (Wildman–Crippen MR) is 89.4 cm³/mol. The second kappa shape index (κ2) is 4.56. The van der Waals surface area contributed by atoms with Crippen molar-refractivity contribution < 1.29 is 9.90 Å². The number of aromatic carboxylic acids is 1. The number of hydrogen-bond acceptors (Lipinski definition) is 3. The van der Waals surface area contributed by atoms with Crippen LogP contribution in [0.1, 0.15) is 10.5 Å². The second-order valence-corrected chi connectivity index (χ2v) is 6.40. The number of nitrogens with one attached hydrogen (secondary N) is 1. The molecule has 4 nitrogen and oxygen atoms in total. The van der Waals surface area contributed by atoms with Crippen molar-refractivity contribution in [3.63, 3.8) is 0 Å². The zero-order valence-corrected chi connectivity index (χ0v) is 12.6. The van der Waals surface area contributed by atoms with Crippen LogP contribution in [0, 0.1) is 0 Å². The van der Waals surface area contributed by atoms with E-state index in [0.29, 0.717) is 15.9 Å². The van der Waals surface area contributed by atoms with Crippen molar-refractivity contribution in [1.82, 2.24) is 4.98 Å². The van der Waals surface area contributed by atoms with Gasteiger partial charge in [0.2, 0.25) is 0 Å². The highest BCUT2D eigenvalue weighted by Crippen LogP contribution is 2.40. The SMILES string of the molecule is O=C(O)c1cc(=O)c2cc3sc4ccccc4c3c(Cl)c2[nH]1. The van der Waals surface area contributed by atoms with Gasteiger partial charge in [0.1, 0.15) is 5.69 Å². The molecule has 0 aliphatic carbocycles. The molecule has 0 saturated carbocycles. The molecule has 2 aromatic heterocycles. The average Bonchev–Trinajstić information content (AvgIpc) is 2.86. The summed E-state index contributed by atoms with van der Waals surface area (Å²) >= 11 is 8.04. The number of carboxylic acids is 1.